The van der Waals surface area contributed by atoms with E-state index in [1.807, 2.05) is 42.1 Å². The molecule has 2 rings (SSSR count). The molecule has 1 aliphatic rings. The van der Waals surface area contributed by atoms with E-state index in [4.69, 9.17) is 0 Å². The Bertz CT molecular complexity index is 578. The van der Waals surface area contributed by atoms with Crippen LogP contribution in [-0.4, -0.2) is 61.4 Å². The fourth-order valence-electron chi connectivity index (χ4n) is 2.43. The van der Waals surface area contributed by atoms with Crippen LogP contribution in [0.3, 0.4) is 0 Å². The van der Waals surface area contributed by atoms with E-state index >= 15 is 0 Å². The highest BCUT2D eigenvalue weighted by molar-refractivity contribution is 14.1. The van der Waals surface area contributed by atoms with E-state index < -0.39 is 0 Å². The zero-order chi connectivity index (χ0) is 16.8. The van der Waals surface area contributed by atoms with Crippen molar-refractivity contribution in [1.82, 2.24) is 15.1 Å². The molecule has 1 fully saturated rings. The van der Waals surface area contributed by atoms with Gasteiger partial charge in [0.2, 0.25) is 5.91 Å². The van der Waals surface area contributed by atoms with Crippen LogP contribution >= 0.6 is 33.9 Å². The van der Waals surface area contributed by atoms with Crippen molar-refractivity contribution < 1.29 is 9.59 Å². The molecule has 0 spiro atoms. The molecule has 23 heavy (non-hydrogen) atoms. The molecule has 7 heteroatoms. The van der Waals surface area contributed by atoms with Gasteiger partial charge in [-0.1, -0.05) is 6.08 Å². The lowest BCUT2D eigenvalue weighted by Crippen LogP contribution is -2.46. The summed E-state index contributed by atoms with van der Waals surface area (Å²) in [6.45, 7) is 2.14. The number of amides is 2. The number of carbonyl (C=O) groups excluding carboxylic acids is 2. The van der Waals surface area contributed by atoms with Crippen LogP contribution in [0, 0.1) is 2.88 Å². The number of piperidine rings is 1. The molecule has 1 N–H and O–H groups in total. The molecule has 2 amide bonds. The molecule has 0 atom stereocenters. The Morgan fingerprint density at radius 2 is 2.09 bits per heavy atom. The van der Waals surface area contributed by atoms with E-state index in [-0.39, 0.29) is 17.9 Å². The van der Waals surface area contributed by atoms with Crippen LogP contribution in [0.4, 0.5) is 0 Å². The van der Waals surface area contributed by atoms with Gasteiger partial charge in [0.15, 0.2) is 0 Å². The Hall–Kier alpha value is -0.930. The first kappa shape index (κ1) is 18.4. The molecule has 5 nitrogen and oxygen atoms in total. The number of nitrogens with one attached hydrogen (secondary N) is 1. The summed E-state index contributed by atoms with van der Waals surface area (Å²) < 4.78 is 1.12. The standard InChI is InChI=1S/C16H22IN3O2S/c1-19(2)9-3-4-15(21)18-12-7-10-20(11-8-12)16(22)13-5-6-14(17)23-13/h3-6,12H,7-11H2,1-2H3,(H,18,21)/b4-3+. The van der Waals surface area contributed by atoms with Crippen LogP contribution in [0.1, 0.15) is 22.5 Å². The Morgan fingerprint density at radius 3 is 2.65 bits per heavy atom. The second-order valence-corrected chi connectivity index (χ2v) is 8.82. The van der Waals surface area contributed by atoms with Gasteiger partial charge in [0.1, 0.15) is 0 Å². The van der Waals surface area contributed by atoms with Crippen molar-refractivity contribution in [3.8, 4) is 0 Å². The second kappa shape index (κ2) is 8.79. The summed E-state index contributed by atoms with van der Waals surface area (Å²) >= 11 is 3.75. The summed E-state index contributed by atoms with van der Waals surface area (Å²) in [4.78, 5) is 28.9. The molecule has 0 aliphatic carbocycles. The van der Waals surface area contributed by atoms with E-state index in [0.29, 0.717) is 13.1 Å². The van der Waals surface area contributed by atoms with Crippen LogP contribution < -0.4 is 5.32 Å². The number of hydrogen-bond donors (Lipinski definition) is 1. The van der Waals surface area contributed by atoms with Crippen molar-refractivity contribution in [2.75, 3.05) is 33.7 Å². The smallest absolute Gasteiger partial charge is 0.263 e. The minimum Gasteiger partial charge on any atom is -0.350 e. The maximum Gasteiger partial charge on any atom is 0.263 e. The Balaban J connectivity index is 1.76. The van der Waals surface area contributed by atoms with E-state index in [9.17, 15) is 9.59 Å². The lowest BCUT2D eigenvalue weighted by atomic mass is 10.0. The van der Waals surface area contributed by atoms with Crippen molar-refractivity contribution in [2.24, 2.45) is 0 Å². The van der Waals surface area contributed by atoms with Crippen LogP contribution in [0.15, 0.2) is 24.3 Å². The molecule has 0 unspecified atom stereocenters. The van der Waals surface area contributed by atoms with E-state index in [0.717, 1.165) is 27.1 Å². The third-order valence-electron chi connectivity index (χ3n) is 3.65. The van der Waals surface area contributed by atoms with Crippen LogP contribution in [0.5, 0.6) is 0 Å². The SMILES string of the molecule is CN(C)C/C=C/C(=O)NC1CCN(C(=O)c2ccc(I)s2)CC1. The largest absolute Gasteiger partial charge is 0.350 e. The normalized spacial score (nSPS) is 16.3. The molecule has 0 saturated carbocycles. The second-order valence-electron chi connectivity index (χ2n) is 5.84. The van der Waals surface area contributed by atoms with Gasteiger partial charge in [-0.3, -0.25) is 9.59 Å². The van der Waals surface area contributed by atoms with Gasteiger partial charge in [-0.15, -0.1) is 11.3 Å². The molecule has 126 valence electrons. The first-order chi connectivity index (χ1) is 11.0. The van der Waals surface area contributed by atoms with Gasteiger partial charge in [0.25, 0.3) is 5.91 Å². The summed E-state index contributed by atoms with van der Waals surface area (Å²) in [5, 5.41) is 3.02. The molecule has 1 aliphatic heterocycles. The van der Waals surface area contributed by atoms with Gasteiger partial charge in [0, 0.05) is 31.8 Å². The summed E-state index contributed by atoms with van der Waals surface area (Å²) in [7, 11) is 3.92. The quantitative estimate of drug-likeness (QED) is 0.557. The summed E-state index contributed by atoms with van der Waals surface area (Å²) in [6, 6.07) is 4.00. The number of thiophene rings is 1. The Kier molecular flexibility index (Phi) is 7.04. The average molecular weight is 447 g/mol. The molecule has 0 aromatic carbocycles. The van der Waals surface area contributed by atoms with Crippen LogP contribution in [0.25, 0.3) is 0 Å². The average Bonchev–Trinajstić information content (AvgIpc) is 2.93. The van der Waals surface area contributed by atoms with Crippen molar-refractivity contribution in [2.45, 2.75) is 18.9 Å². The van der Waals surface area contributed by atoms with Gasteiger partial charge in [-0.2, -0.15) is 0 Å². The summed E-state index contributed by atoms with van der Waals surface area (Å²) in [5.74, 6) is 0.0537. The van der Waals surface area contributed by atoms with E-state index in [1.165, 1.54) is 11.3 Å². The number of halogens is 1. The lowest BCUT2D eigenvalue weighted by molar-refractivity contribution is -0.117. The molecular formula is C16H22IN3O2S. The molecule has 0 bridgehead atoms. The number of likely N-dealkylation sites (tertiary alicyclic amines) is 1. The third-order valence-corrected chi connectivity index (χ3v) is 5.53. The lowest BCUT2D eigenvalue weighted by Gasteiger charge is -2.32. The minimum absolute atomic E-state index is 0.0514. The Morgan fingerprint density at radius 1 is 1.39 bits per heavy atom. The first-order valence-corrected chi connectivity index (χ1v) is 9.51. The molecule has 0 radical (unpaired) electrons. The first-order valence-electron chi connectivity index (χ1n) is 7.62. The number of hydrogen-bond acceptors (Lipinski definition) is 4. The monoisotopic (exact) mass is 447 g/mol. The fraction of sp³-hybridized carbons (Fsp3) is 0.500. The van der Waals surface area contributed by atoms with Crippen molar-refractivity contribution in [1.29, 1.82) is 0 Å². The van der Waals surface area contributed by atoms with Crippen LogP contribution in [-0.2, 0) is 4.79 Å². The van der Waals surface area contributed by atoms with Gasteiger partial charge < -0.3 is 15.1 Å². The molecule has 1 aromatic rings. The highest BCUT2D eigenvalue weighted by Gasteiger charge is 2.24. The Labute approximate surface area is 154 Å². The highest BCUT2D eigenvalue weighted by atomic mass is 127. The van der Waals surface area contributed by atoms with Crippen molar-refractivity contribution in [3.63, 3.8) is 0 Å². The number of nitrogens with zero attached hydrogens (tertiary/aromatic N) is 2. The van der Waals surface area contributed by atoms with Gasteiger partial charge >= 0.3 is 0 Å². The fourth-order valence-corrected chi connectivity index (χ4v) is 4.02. The number of carbonyl (C=O) groups is 2. The zero-order valence-corrected chi connectivity index (χ0v) is 16.4. The molecular weight excluding hydrogens is 425 g/mol. The highest BCUT2D eigenvalue weighted by Crippen LogP contribution is 2.21. The maximum atomic E-state index is 12.4. The topological polar surface area (TPSA) is 52.7 Å². The maximum absolute atomic E-state index is 12.4. The predicted octanol–water partition coefficient (Wildman–Crippen LogP) is 2.19. The molecule has 1 aromatic heterocycles. The summed E-state index contributed by atoms with van der Waals surface area (Å²) in [6.07, 6.45) is 5.06. The summed E-state index contributed by atoms with van der Waals surface area (Å²) in [5.41, 5.74) is 0. The van der Waals surface area contributed by atoms with Crippen LogP contribution in [0.2, 0.25) is 0 Å². The molecule has 1 saturated heterocycles. The van der Waals surface area contributed by atoms with E-state index in [1.54, 1.807) is 6.08 Å². The van der Waals surface area contributed by atoms with Crippen molar-refractivity contribution in [3.05, 3.63) is 32.0 Å². The predicted molar refractivity (Wildman–Crippen MR) is 102 cm³/mol. The molecule has 2 heterocycles. The minimum atomic E-state index is -0.0514. The number of likely N-dealkylation sites (N-methyl/N-ethyl adjacent to an activating group) is 1. The zero-order valence-electron chi connectivity index (χ0n) is 13.4. The number of rotatable bonds is 5. The van der Waals surface area contributed by atoms with Gasteiger partial charge in [0.05, 0.1) is 7.76 Å². The third kappa shape index (κ3) is 5.89. The van der Waals surface area contributed by atoms with Gasteiger partial charge in [-0.05, 0) is 61.7 Å². The van der Waals surface area contributed by atoms with Crippen molar-refractivity contribution >= 4 is 45.7 Å². The van der Waals surface area contributed by atoms with Gasteiger partial charge in [-0.25, -0.2) is 0 Å². The van der Waals surface area contributed by atoms with E-state index in [2.05, 4.69) is 27.9 Å².